The first-order valence-corrected chi connectivity index (χ1v) is 17.6. The number of nitrogens with one attached hydrogen (secondary N) is 2. The number of nitrogens with zero attached hydrogens (tertiary/aromatic N) is 2. The van der Waals surface area contributed by atoms with Crippen LogP contribution in [0.1, 0.15) is 73.6 Å². The summed E-state index contributed by atoms with van der Waals surface area (Å²) in [7, 11) is 0. The maximum absolute atomic E-state index is 12.3. The minimum absolute atomic E-state index is 0.122. The number of hydrazone groups is 2. The highest BCUT2D eigenvalue weighted by molar-refractivity contribution is 9.10. The molecule has 0 saturated heterocycles. The van der Waals surface area contributed by atoms with Crippen molar-refractivity contribution in [2.75, 3.05) is 0 Å². The fourth-order valence-electron chi connectivity index (χ4n) is 4.71. The molecule has 0 bridgehead atoms. The molecule has 0 heterocycles. The molecule has 0 aliphatic carbocycles. The lowest BCUT2D eigenvalue weighted by Gasteiger charge is -2.09. The molecule has 2 amide bonds. The van der Waals surface area contributed by atoms with E-state index in [4.69, 9.17) is 9.47 Å². The van der Waals surface area contributed by atoms with E-state index in [1.54, 1.807) is 12.4 Å². The minimum atomic E-state index is -0.122. The molecule has 0 radical (unpaired) electrons. The van der Waals surface area contributed by atoms with E-state index >= 15 is 0 Å². The van der Waals surface area contributed by atoms with Gasteiger partial charge in [-0.05, 0) is 60.4 Å². The lowest BCUT2D eigenvalue weighted by Crippen LogP contribution is -2.17. The Bertz CT molecular complexity index is 1530. The lowest BCUT2D eigenvalue weighted by atomic mass is 10.1. The van der Waals surface area contributed by atoms with E-state index in [2.05, 4.69) is 52.9 Å². The van der Waals surface area contributed by atoms with Crippen LogP contribution in [0.2, 0.25) is 0 Å². The van der Waals surface area contributed by atoms with Crippen molar-refractivity contribution in [1.82, 2.24) is 10.9 Å². The first kappa shape index (κ1) is 36.6. The Morgan fingerprint density at radius 1 is 0.562 bits per heavy atom. The number of carbonyl (C=O) groups is 2. The van der Waals surface area contributed by atoms with Crippen molar-refractivity contribution >= 4 is 56.1 Å². The summed E-state index contributed by atoms with van der Waals surface area (Å²) < 4.78 is 13.7. The van der Waals surface area contributed by atoms with Gasteiger partial charge in [0.25, 0.3) is 0 Å². The van der Waals surface area contributed by atoms with Gasteiger partial charge >= 0.3 is 0 Å². The third kappa shape index (κ3) is 13.8. The average Bonchev–Trinajstić information content (AvgIpc) is 3.09. The van der Waals surface area contributed by atoms with Crippen LogP contribution in [0.4, 0.5) is 0 Å². The van der Waals surface area contributed by atoms with Gasteiger partial charge in [0.1, 0.15) is 24.7 Å². The normalized spacial score (nSPS) is 11.1. The zero-order valence-corrected chi connectivity index (χ0v) is 29.9. The highest BCUT2D eigenvalue weighted by atomic mass is 79.9. The van der Waals surface area contributed by atoms with Crippen molar-refractivity contribution in [3.05, 3.63) is 128 Å². The van der Waals surface area contributed by atoms with Crippen molar-refractivity contribution in [1.29, 1.82) is 0 Å². The van der Waals surface area contributed by atoms with Crippen molar-refractivity contribution in [3.63, 3.8) is 0 Å². The largest absolute Gasteiger partial charge is 0.488 e. The van der Waals surface area contributed by atoms with Gasteiger partial charge in [0.05, 0.1) is 12.4 Å². The quantitative estimate of drug-likeness (QED) is 0.0564. The topological polar surface area (TPSA) is 101 Å². The fourth-order valence-corrected chi connectivity index (χ4v) is 5.47. The average molecular weight is 777 g/mol. The van der Waals surface area contributed by atoms with E-state index in [9.17, 15) is 9.59 Å². The molecular formula is C38H40Br2N4O4. The van der Waals surface area contributed by atoms with Crippen LogP contribution < -0.4 is 20.3 Å². The molecule has 0 aliphatic heterocycles. The van der Waals surface area contributed by atoms with Gasteiger partial charge in [-0.2, -0.15) is 10.2 Å². The second-order valence-electron chi connectivity index (χ2n) is 11.1. The third-order valence-electron chi connectivity index (χ3n) is 7.26. The van der Waals surface area contributed by atoms with Crippen molar-refractivity contribution in [3.8, 4) is 11.5 Å². The van der Waals surface area contributed by atoms with Crippen LogP contribution in [0.25, 0.3) is 0 Å². The van der Waals surface area contributed by atoms with E-state index in [1.165, 1.54) is 0 Å². The number of benzene rings is 4. The van der Waals surface area contributed by atoms with Crippen molar-refractivity contribution in [2.45, 2.75) is 64.6 Å². The van der Waals surface area contributed by atoms with Crippen molar-refractivity contribution < 1.29 is 19.1 Å². The molecule has 4 aromatic rings. The Kier molecular flexibility index (Phi) is 15.9. The number of amides is 2. The van der Waals surface area contributed by atoms with Crippen LogP contribution >= 0.6 is 31.9 Å². The summed E-state index contributed by atoms with van der Waals surface area (Å²) in [5.41, 5.74) is 8.91. The summed E-state index contributed by atoms with van der Waals surface area (Å²) in [6.07, 6.45) is 9.48. The molecule has 0 spiro atoms. The Morgan fingerprint density at radius 2 is 0.958 bits per heavy atom. The molecule has 0 aliphatic rings. The second-order valence-corrected chi connectivity index (χ2v) is 13.0. The molecule has 0 unspecified atom stereocenters. The number of hydrogen-bond donors (Lipinski definition) is 2. The standard InChI is InChI=1S/C38H40Br2N4O4/c39-33-19-21-35(47-27-29-13-7-5-8-14-29)31(23-33)25-41-43-37(45)17-11-3-1-2-4-12-18-38(46)44-42-26-32-24-34(40)20-22-36(32)48-28-30-15-9-6-10-16-30/h5-10,13-16,19-26H,1-4,11-12,17-18,27-28H2,(H,43,45)(H,44,46)/b41-25+,42-26+. The Hall–Kier alpha value is -4.28. The maximum atomic E-state index is 12.3. The molecule has 8 nitrogen and oxygen atoms in total. The molecule has 4 aromatic carbocycles. The van der Waals surface area contributed by atoms with Crippen LogP contribution in [0, 0.1) is 0 Å². The van der Waals surface area contributed by atoms with Gasteiger partial charge in [0, 0.05) is 32.9 Å². The first-order chi connectivity index (χ1) is 23.5. The first-order valence-electron chi connectivity index (χ1n) is 16.0. The maximum Gasteiger partial charge on any atom is 0.240 e. The van der Waals surface area contributed by atoms with Crippen LogP contribution in [0.5, 0.6) is 11.5 Å². The number of rotatable bonds is 19. The van der Waals surface area contributed by atoms with Crippen molar-refractivity contribution in [2.24, 2.45) is 10.2 Å². The zero-order valence-electron chi connectivity index (χ0n) is 26.7. The van der Waals surface area contributed by atoms with Crippen LogP contribution in [-0.2, 0) is 22.8 Å². The van der Waals surface area contributed by atoms with E-state index in [1.807, 2.05) is 97.1 Å². The monoisotopic (exact) mass is 774 g/mol. The van der Waals surface area contributed by atoms with Crippen LogP contribution in [-0.4, -0.2) is 24.2 Å². The smallest absolute Gasteiger partial charge is 0.240 e. The van der Waals surface area contributed by atoms with Gasteiger partial charge in [-0.25, -0.2) is 10.9 Å². The zero-order chi connectivity index (χ0) is 33.8. The number of unbranched alkanes of at least 4 members (excludes halogenated alkanes) is 5. The van der Waals surface area contributed by atoms with Crippen LogP contribution in [0.3, 0.4) is 0 Å². The van der Waals surface area contributed by atoms with Gasteiger partial charge in [0.15, 0.2) is 0 Å². The summed E-state index contributed by atoms with van der Waals surface area (Å²) >= 11 is 6.96. The number of hydrogen-bond acceptors (Lipinski definition) is 6. The van der Waals surface area contributed by atoms with E-state index < -0.39 is 0 Å². The molecule has 2 N–H and O–H groups in total. The fraction of sp³-hybridized carbons (Fsp3) is 0.263. The van der Waals surface area contributed by atoms with Gasteiger partial charge in [-0.15, -0.1) is 0 Å². The number of halogens is 2. The predicted molar refractivity (Wildman–Crippen MR) is 198 cm³/mol. The third-order valence-corrected chi connectivity index (χ3v) is 8.25. The second kappa shape index (κ2) is 20.8. The van der Waals surface area contributed by atoms with E-state index in [0.29, 0.717) is 37.6 Å². The van der Waals surface area contributed by atoms with Crippen LogP contribution in [0.15, 0.2) is 116 Å². The molecule has 0 atom stereocenters. The highest BCUT2D eigenvalue weighted by Crippen LogP contribution is 2.24. The molecule has 0 fully saturated rings. The Morgan fingerprint density at radius 3 is 1.38 bits per heavy atom. The van der Waals surface area contributed by atoms with Gasteiger partial charge in [-0.3, -0.25) is 9.59 Å². The Balaban J connectivity index is 1.06. The summed E-state index contributed by atoms with van der Waals surface area (Å²) in [5, 5.41) is 8.28. The van der Waals surface area contributed by atoms with E-state index in [0.717, 1.165) is 69.7 Å². The van der Waals surface area contributed by atoms with Gasteiger partial charge in [-0.1, -0.05) is 118 Å². The van der Waals surface area contributed by atoms with E-state index in [-0.39, 0.29) is 11.8 Å². The minimum Gasteiger partial charge on any atom is -0.488 e. The number of ether oxygens (including phenoxy) is 2. The molecule has 4 rings (SSSR count). The predicted octanol–water partition coefficient (Wildman–Crippen LogP) is 9.09. The molecule has 48 heavy (non-hydrogen) atoms. The molecule has 0 saturated carbocycles. The van der Waals surface area contributed by atoms with Gasteiger partial charge < -0.3 is 9.47 Å². The summed E-state index contributed by atoms with van der Waals surface area (Å²) in [6.45, 7) is 0.884. The molecular weight excluding hydrogens is 736 g/mol. The summed E-state index contributed by atoms with van der Waals surface area (Å²) in [5.74, 6) is 1.13. The van der Waals surface area contributed by atoms with Gasteiger partial charge in [0.2, 0.25) is 11.8 Å². The lowest BCUT2D eigenvalue weighted by molar-refractivity contribution is -0.122. The number of carbonyl (C=O) groups excluding carboxylic acids is 2. The Labute approximate surface area is 299 Å². The molecule has 10 heteroatoms. The summed E-state index contributed by atoms with van der Waals surface area (Å²) in [6, 6.07) is 31.2. The highest BCUT2D eigenvalue weighted by Gasteiger charge is 2.07. The molecule has 0 aromatic heterocycles. The summed E-state index contributed by atoms with van der Waals surface area (Å²) in [4.78, 5) is 24.6. The molecule has 250 valence electrons. The SMILES string of the molecule is O=C(CCCCCCCCC(=O)N/N=C/c1cc(Br)ccc1OCc1ccccc1)N/N=C/c1cc(Br)ccc1OCc1ccccc1.